The molecule has 0 amide bonds. The van der Waals surface area contributed by atoms with Crippen LogP contribution < -0.4 is 5.32 Å². The summed E-state index contributed by atoms with van der Waals surface area (Å²) in [4.78, 5) is 2.65. The Labute approximate surface area is 121 Å². The second-order valence-corrected chi connectivity index (χ2v) is 6.17. The molecule has 3 nitrogen and oxygen atoms in total. The SMILES string of the molecule is CC(NC1CCN(C2CC2)CC1)c1cccc(C#N)c1. The molecular formula is C17H23N3. The van der Waals surface area contributed by atoms with Gasteiger partial charge in [-0.25, -0.2) is 0 Å². The molecule has 0 bridgehead atoms. The van der Waals surface area contributed by atoms with Crippen LogP contribution in [-0.4, -0.2) is 30.1 Å². The van der Waals surface area contributed by atoms with Crippen LogP contribution in [0.2, 0.25) is 0 Å². The first kappa shape index (κ1) is 13.6. The second-order valence-electron chi connectivity index (χ2n) is 6.17. The molecular weight excluding hydrogens is 246 g/mol. The van der Waals surface area contributed by atoms with Crippen molar-refractivity contribution in [3.63, 3.8) is 0 Å². The van der Waals surface area contributed by atoms with Crippen LogP contribution in [-0.2, 0) is 0 Å². The lowest BCUT2D eigenvalue weighted by molar-refractivity contribution is 0.184. The van der Waals surface area contributed by atoms with E-state index in [4.69, 9.17) is 5.26 Å². The molecule has 2 aliphatic rings. The minimum absolute atomic E-state index is 0.320. The van der Waals surface area contributed by atoms with Gasteiger partial charge >= 0.3 is 0 Å². The standard InChI is InChI=1S/C17H23N3/c1-13(15-4-2-3-14(11-15)12-18)19-16-7-9-20(10-8-16)17-5-6-17/h2-4,11,13,16-17,19H,5-10H2,1H3. The van der Waals surface area contributed by atoms with Crippen LogP contribution in [0.25, 0.3) is 0 Å². The summed E-state index contributed by atoms with van der Waals surface area (Å²) in [5.41, 5.74) is 1.97. The average Bonchev–Trinajstić information content (AvgIpc) is 3.33. The highest BCUT2D eigenvalue weighted by molar-refractivity contribution is 5.34. The van der Waals surface area contributed by atoms with Gasteiger partial charge in [0.05, 0.1) is 11.6 Å². The van der Waals surface area contributed by atoms with E-state index in [1.54, 1.807) is 0 Å². The van der Waals surface area contributed by atoms with Gasteiger partial charge in [-0.15, -0.1) is 0 Å². The smallest absolute Gasteiger partial charge is 0.0991 e. The van der Waals surface area contributed by atoms with Crippen molar-refractivity contribution in [1.29, 1.82) is 5.26 Å². The van der Waals surface area contributed by atoms with Gasteiger partial charge in [-0.2, -0.15) is 5.26 Å². The maximum Gasteiger partial charge on any atom is 0.0991 e. The fourth-order valence-electron chi connectivity index (χ4n) is 3.20. The van der Waals surface area contributed by atoms with Crippen LogP contribution in [0.15, 0.2) is 24.3 Å². The first-order valence-electron chi connectivity index (χ1n) is 7.76. The molecule has 1 aliphatic heterocycles. The lowest BCUT2D eigenvalue weighted by Crippen LogP contribution is -2.44. The molecule has 2 fully saturated rings. The van der Waals surface area contributed by atoms with Crippen molar-refractivity contribution in [2.75, 3.05) is 13.1 Å². The molecule has 1 aromatic rings. The lowest BCUT2D eigenvalue weighted by atomic mass is 10.0. The average molecular weight is 269 g/mol. The molecule has 1 aliphatic carbocycles. The lowest BCUT2D eigenvalue weighted by Gasteiger charge is -2.34. The third kappa shape index (κ3) is 3.20. The maximum atomic E-state index is 8.98. The van der Waals surface area contributed by atoms with Crippen molar-refractivity contribution < 1.29 is 0 Å². The molecule has 0 aromatic heterocycles. The van der Waals surface area contributed by atoms with Crippen LogP contribution in [0.1, 0.15) is 49.8 Å². The largest absolute Gasteiger partial charge is 0.307 e. The first-order chi connectivity index (χ1) is 9.76. The Morgan fingerprint density at radius 3 is 2.65 bits per heavy atom. The summed E-state index contributed by atoms with van der Waals surface area (Å²) in [7, 11) is 0. The van der Waals surface area contributed by atoms with E-state index in [0.29, 0.717) is 12.1 Å². The zero-order chi connectivity index (χ0) is 13.9. The van der Waals surface area contributed by atoms with E-state index in [1.807, 2.05) is 18.2 Å². The number of rotatable bonds is 4. The molecule has 0 spiro atoms. The molecule has 1 atom stereocenters. The molecule has 1 aromatic carbocycles. The van der Waals surface area contributed by atoms with Crippen LogP contribution in [0.4, 0.5) is 0 Å². The molecule has 3 rings (SSSR count). The summed E-state index contributed by atoms with van der Waals surface area (Å²) in [6.07, 6.45) is 5.32. The van der Waals surface area contributed by atoms with Crippen molar-refractivity contribution in [1.82, 2.24) is 10.2 Å². The zero-order valence-corrected chi connectivity index (χ0v) is 12.2. The summed E-state index contributed by atoms with van der Waals surface area (Å²) in [5.74, 6) is 0. The van der Waals surface area contributed by atoms with Gasteiger partial charge in [-0.1, -0.05) is 12.1 Å². The van der Waals surface area contributed by atoms with Crippen molar-refractivity contribution in [2.45, 2.75) is 50.7 Å². The van der Waals surface area contributed by atoms with E-state index >= 15 is 0 Å². The molecule has 3 heteroatoms. The van der Waals surface area contributed by atoms with Gasteiger partial charge in [0.25, 0.3) is 0 Å². The third-order valence-electron chi connectivity index (χ3n) is 4.59. The van der Waals surface area contributed by atoms with Gasteiger partial charge < -0.3 is 10.2 Å². The highest BCUT2D eigenvalue weighted by Crippen LogP contribution is 2.29. The molecule has 20 heavy (non-hydrogen) atoms. The van der Waals surface area contributed by atoms with Gasteiger partial charge in [-0.05, 0) is 63.4 Å². The summed E-state index contributed by atoms with van der Waals surface area (Å²) in [6.45, 7) is 4.68. The van der Waals surface area contributed by atoms with Crippen molar-refractivity contribution in [3.05, 3.63) is 35.4 Å². The molecule has 1 unspecified atom stereocenters. The van der Waals surface area contributed by atoms with Crippen molar-refractivity contribution in [2.24, 2.45) is 0 Å². The summed E-state index contributed by atoms with van der Waals surface area (Å²) >= 11 is 0. The van der Waals surface area contributed by atoms with Gasteiger partial charge in [0.2, 0.25) is 0 Å². The number of nitrogens with one attached hydrogen (secondary N) is 1. The van der Waals surface area contributed by atoms with Crippen molar-refractivity contribution >= 4 is 0 Å². The topological polar surface area (TPSA) is 39.1 Å². The predicted octanol–water partition coefficient (Wildman–Crippen LogP) is 2.84. The van der Waals surface area contributed by atoms with Crippen molar-refractivity contribution in [3.8, 4) is 6.07 Å². The van der Waals surface area contributed by atoms with Crippen LogP contribution >= 0.6 is 0 Å². The maximum absolute atomic E-state index is 8.98. The van der Waals surface area contributed by atoms with E-state index < -0.39 is 0 Å². The van der Waals surface area contributed by atoms with E-state index in [-0.39, 0.29) is 0 Å². The van der Waals surface area contributed by atoms with E-state index in [0.717, 1.165) is 11.6 Å². The van der Waals surface area contributed by atoms with Gasteiger partial charge in [0, 0.05) is 18.1 Å². The van der Waals surface area contributed by atoms with Crippen LogP contribution in [0.3, 0.4) is 0 Å². The van der Waals surface area contributed by atoms with Gasteiger partial charge in [0.1, 0.15) is 0 Å². The number of piperidine rings is 1. The Bertz CT molecular complexity index is 493. The quantitative estimate of drug-likeness (QED) is 0.913. The summed E-state index contributed by atoms with van der Waals surface area (Å²) in [5, 5.41) is 12.7. The number of hydrogen-bond donors (Lipinski definition) is 1. The minimum atomic E-state index is 0.320. The minimum Gasteiger partial charge on any atom is -0.307 e. The number of hydrogen-bond acceptors (Lipinski definition) is 3. The number of nitriles is 1. The summed E-state index contributed by atoms with van der Waals surface area (Å²) in [6, 6.07) is 12.0. The predicted molar refractivity (Wildman–Crippen MR) is 80.3 cm³/mol. The fraction of sp³-hybridized carbons (Fsp3) is 0.588. The number of likely N-dealkylation sites (tertiary alicyclic amines) is 1. The molecule has 0 radical (unpaired) electrons. The summed E-state index contributed by atoms with van der Waals surface area (Å²) < 4.78 is 0. The molecule has 1 N–H and O–H groups in total. The highest BCUT2D eigenvalue weighted by atomic mass is 15.2. The molecule has 106 valence electrons. The van der Waals surface area contributed by atoms with Gasteiger partial charge in [-0.3, -0.25) is 0 Å². The monoisotopic (exact) mass is 269 g/mol. The van der Waals surface area contributed by atoms with Gasteiger partial charge in [0.15, 0.2) is 0 Å². The second kappa shape index (κ2) is 5.95. The van der Waals surface area contributed by atoms with E-state index in [2.05, 4.69) is 29.3 Å². The normalized spacial score (nSPS) is 22.4. The van der Waals surface area contributed by atoms with Crippen LogP contribution in [0.5, 0.6) is 0 Å². The molecule has 1 heterocycles. The Kier molecular flexibility index (Phi) is 4.05. The van der Waals surface area contributed by atoms with E-state index in [1.165, 1.54) is 44.3 Å². The molecule has 1 saturated heterocycles. The number of benzene rings is 1. The third-order valence-corrected chi connectivity index (χ3v) is 4.59. The Balaban J connectivity index is 1.53. The Hall–Kier alpha value is -1.37. The zero-order valence-electron chi connectivity index (χ0n) is 12.2. The van der Waals surface area contributed by atoms with E-state index in [9.17, 15) is 0 Å². The highest BCUT2D eigenvalue weighted by Gasteiger charge is 2.31. The van der Waals surface area contributed by atoms with Crippen LogP contribution in [0, 0.1) is 11.3 Å². The first-order valence-corrected chi connectivity index (χ1v) is 7.76. The Morgan fingerprint density at radius 1 is 1.25 bits per heavy atom. The fourth-order valence-corrected chi connectivity index (χ4v) is 3.20. The number of nitrogens with zero attached hydrogens (tertiary/aromatic N) is 2. The molecule has 1 saturated carbocycles. The Morgan fingerprint density at radius 2 is 2.00 bits per heavy atom.